The van der Waals surface area contributed by atoms with E-state index in [1.54, 1.807) is 22.9 Å². The average Bonchev–Trinajstić information content (AvgIpc) is 3.69. The van der Waals surface area contributed by atoms with Gasteiger partial charge in [-0.2, -0.15) is 0 Å². The second-order valence-electron chi connectivity index (χ2n) is 12.2. The number of nitrogens with two attached hydrogens (primary N) is 4. The Balaban J connectivity index is 1.49. The molecule has 3 aromatic carbocycles. The quantitative estimate of drug-likeness (QED) is 0.0248. The van der Waals surface area contributed by atoms with Crippen molar-refractivity contribution in [2.45, 2.75) is 48.6 Å². The van der Waals surface area contributed by atoms with Gasteiger partial charge in [-0.05, 0) is 54.8 Å². The molecule has 0 aliphatic carbocycles. The zero-order valence-electron chi connectivity index (χ0n) is 27.7. The number of anilines is 1. The van der Waals surface area contributed by atoms with Crippen LogP contribution in [0.2, 0.25) is 5.02 Å². The highest BCUT2D eigenvalue weighted by atomic mass is 35.5. The highest BCUT2D eigenvalue weighted by molar-refractivity contribution is 7.98. The van der Waals surface area contributed by atoms with Crippen LogP contribution in [0.4, 0.5) is 14.6 Å². The first kappa shape index (κ1) is 37.1. The first-order valence-corrected chi connectivity index (χ1v) is 16.8. The number of hydrogen-bond acceptors (Lipinski definition) is 10. The standard InChI is InChI=1S/C34H35ClF2N8O5S/c1-33(2,18-5-8-25-20(13-18)29(38)44-50-25)27-15-43-32(45(27)19-6-7-23(36)26(14-19)49-3)51-16-21-22(35)11-17(12-24(21)37)28(46)34(41,30(47)48)9-4-10-42-31(39)40/h5-8,11-15H,4,9-10,16,41H2,1-3H3,(H2,38,44)(H,47,48)(H4,39,40,42)/t34-/m0/s1. The van der Waals surface area contributed by atoms with E-state index in [1.165, 1.54) is 25.3 Å². The fourth-order valence-electron chi connectivity index (χ4n) is 5.56. The van der Waals surface area contributed by atoms with Crippen molar-refractivity contribution in [3.8, 4) is 11.4 Å². The number of fused-ring (bicyclic) bond motifs is 1. The molecule has 2 heterocycles. The fourth-order valence-corrected chi connectivity index (χ4v) is 6.94. The number of nitrogen functional groups attached to an aromatic ring is 1. The van der Waals surface area contributed by atoms with Gasteiger partial charge in [-0.25, -0.2) is 18.6 Å². The number of imidazole rings is 1. The van der Waals surface area contributed by atoms with Crippen molar-refractivity contribution < 1.29 is 32.7 Å². The summed E-state index contributed by atoms with van der Waals surface area (Å²) in [7, 11) is 1.35. The number of thioether (sulfide) groups is 1. The molecule has 0 aliphatic rings. The van der Waals surface area contributed by atoms with Crippen LogP contribution in [0.15, 0.2) is 69.4 Å². The smallest absolute Gasteiger partial charge is 0.331 e. The Kier molecular flexibility index (Phi) is 10.6. The lowest BCUT2D eigenvalue weighted by Gasteiger charge is -2.27. The molecule has 268 valence electrons. The lowest BCUT2D eigenvalue weighted by atomic mass is 9.81. The van der Waals surface area contributed by atoms with Crippen molar-refractivity contribution in [1.82, 2.24) is 14.7 Å². The van der Waals surface area contributed by atoms with Gasteiger partial charge in [0.05, 0.1) is 30.1 Å². The van der Waals surface area contributed by atoms with Crippen LogP contribution in [0, 0.1) is 11.6 Å². The summed E-state index contributed by atoms with van der Waals surface area (Å²) in [6.45, 7) is 3.99. The molecule has 9 N–H and O–H groups in total. The van der Waals surface area contributed by atoms with E-state index in [-0.39, 0.29) is 58.8 Å². The Labute approximate surface area is 300 Å². The van der Waals surface area contributed by atoms with Gasteiger partial charge in [0.15, 0.2) is 45.4 Å². The molecular formula is C34H35ClF2N8O5S. The number of carbonyl (C=O) groups is 2. The predicted octanol–water partition coefficient (Wildman–Crippen LogP) is 5.17. The number of carboxylic acid groups (broad SMARTS) is 1. The summed E-state index contributed by atoms with van der Waals surface area (Å²) in [6, 6.07) is 12.0. The number of aliphatic imine (C=N–C) groups is 1. The highest BCUT2D eigenvalue weighted by Crippen LogP contribution is 2.40. The Morgan fingerprint density at radius 3 is 2.53 bits per heavy atom. The van der Waals surface area contributed by atoms with Crippen molar-refractivity contribution in [2.75, 3.05) is 19.4 Å². The number of carboxylic acids is 1. The zero-order valence-corrected chi connectivity index (χ0v) is 29.3. The predicted molar refractivity (Wildman–Crippen MR) is 190 cm³/mol. The molecule has 13 nitrogen and oxygen atoms in total. The molecule has 17 heteroatoms. The average molecular weight is 741 g/mol. The molecule has 0 saturated heterocycles. The Morgan fingerprint density at radius 1 is 1.12 bits per heavy atom. The third-order valence-electron chi connectivity index (χ3n) is 8.54. The summed E-state index contributed by atoms with van der Waals surface area (Å²) in [5.41, 5.74) is 21.9. The maximum atomic E-state index is 15.7. The molecule has 0 unspecified atom stereocenters. The van der Waals surface area contributed by atoms with Crippen LogP contribution in [0.5, 0.6) is 5.75 Å². The molecule has 0 fully saturated rings. The second kappa shape index (κ2) is 14.6. The van der Waals surface area contributed by atoms with Crippen LogP contribution in [0.1, 0.15) is 53.9 Å². The van der Waals surface area contributed by atoms with E-state index >= 15 is 4.39 Å². The number of methoxy groups -OCH3 is 1. The van der Waals surface area contributed by atoms with E-state index in [0.717, 1.165) is 23.4 Å². The van der Waals surface area contributed by atoms with Crippen molar-refractivity contribution in [3.05, 3.63) is 93.8 Å². The fraction of sp³-hybridized carbons (Fsp3) is 0.265. The van der Waals surface area contributed by atoms with Crippen LogP contribution in [-0.4, -0.2) is 56.7 Å². The minimum atomic E-state index is -2.38. The van der Waals surface area contributed by atoms with Crippen molar-refractivity contribution in [1.29, 1.82) is 0 Å². The zero-order chi connectivity index (χ0) is 37.2. The van der Waals surface area contributed by atoms with E-state index in [2.05, 4.69) is 15.1 Å². The third-order valence-corrected chi connectivity index (χ3v) is 9.86. The topological polar surface area (TPSA) is 224 Å². The lowest BCUT2D eigenvalue weighted by molar-refractivity contribution is -0.141. The number of guanidine groups is 1. The number of ether oxygens (including phenoxy) is 1. The summed E-state index contributed by atoms with van der Waals surface area (Å²) >= 11 is 7.64. The molecule has 51 heavy (non-hydrogen) atoms. The molecule has 0 spiro atoms. The largest absolute Gasteiger partial charge is 0.494 e. The van der Waals surface area contributed by atoms with Crippen LogP contribution < -0.4 is 27.7 Å². The minimum Gasteiger partial charge on any atom is -0.494 e. The van der Waals surface area contributed by atoms with E-state index in [0.29, 0.717) is 27.5 Å². The van der Waals surface area contributed by atoms with Gasteiger partial charge in [-0.1, -0.05) is 48.4 Å². The summed E-state index contributed by atoms with van der Waals surface area (Å²) in [5, 5.41) is 14.6. The number of Topliss-reactive ketones (excluding diaryl/α,β-unsaturated/α-hetero) is 1. The summed E-state index contributed by atoms with van der Waals surface area (Å²) in [6.07, 6.45) is 1.43. The monoisotopic (exact) mass is 740 g/mol. The number of ketones is 1. The molecule has 1 atom stereocenters. The van der Waals surface area contributed by atoms with E-state index in [1.807, 2.05) is 26.0 Å². The molecule has 5 rings (SSSR count). The van der Waals surface area contributed by atoms with Gasteiger partial charge in [0, 0.05) is 39.9 Å². The summed E-state index contributed by atoms with van der Waals surface area (Å²) < 4.78 is 42.5. The van der Waals surface area contributed by atoms with Crippen molar-refractivity contribution >= 4 is 57.9 Å². The minimum absolute atomic E-state index is 0.00231. The van der Waals surface area contributed by atoms with Crippen LogP contribution >= 0.6 is 23.4 Å². The van der Waals surface area contributed by atoms with Gasteiger partial charge in [0.2, 0.25) is 0 Å². The molecule has 0 saturated carbocycles. The number of carbonyl (C=O) groups excluding carboxylic acids is 1. The molecule has 2 aromatic heterocycles. The number of benzene rings is 3. The number of rotatable bonds is 14. The van der Waals surface area contributed by atoms with E-state index in [4.69, 9.17) is 43.8 Å². The number of aromatic nitrogens is 3. The Bertz CT molecular complexity index is 2140. The Hall–Kier alpha value is -5.19. The first-order valence-electron chi connectivity index (χ1n) is 15.4. The first-order chi connectivity index (χ1) is 24.1. The van der Waals surface area contributed by atoms with Gasteiger partial charge >= 0.3 is 5.97 Å². The van der Waals surface area contributed by atoms with Gasteiger partial charge < -0.3 is 37.3 Å². The molecule has 0 amide bonds. The maximum absolute atomic E-state index is 15.7. The molecule has 0 bridgehead atoms. The third kappa shape index (κ3) is 7.34. The molecular weight excluding hydrogens is 706 g/mol. The van der Waals surface area contributed by atoms with Gasteiger partial charge in [-0.15, -0.1) is 0 Å². The Morgan fingerprint density at radius 2 is 1.86 bits per heavy atom. The number of halogens is 3. The summed E-state index contributed by atoms with van der Waals surface area (Å²) in [4.78, 5) is 33.8. The van der Waals surface area contributed by atoms with Crippen LogP contribution in [0.25, 0.3) is 16.7 Å². The number of aliphatic carboxylic acids is 1. The SMILES string of the molecule is COc1cc(-n2c(C(C)(C)c3ccc4onc(N)c4c3)cnc2SCc2c(F)cc(C(=O)[C@@](N)(CCCN=C(N)N)C(=O)O)cc2Cl)ccc1F. The van der Waals surface area contributed by atoms with Gasteiger partial charge in [-0.3, -0.25) is 14.4 Å². The van der Waals surface area contributed by atoms with Crippen molar-refractivity contribution in [3.63, 3.8) is 0 Å². The molecule has 5 aromatic rings. The number of hydrogen-bond donors (Lipinski definition) is 5. The van der Waals surface area contributed by atoms with E-state index < -0.39 is 34.3 Å². The lowest BCUT2D eigenvalue weighted by Crippen LogP contribution is -2.55. The van der Waals surface area contributed by atoms with Crippen LogP contribution in [0.3, 0.4) is 0 Å². The normalized spacial score (nSPS) is 12.8. The van der Waals surface area contributed by atoms with Gasteiger partial charge in [0.25, 0.3) is 0 Å². The van der Waals surface area contributed by atoms with Gasteiger partial charge in [0.1, 0.15) is 5.82 Å². The highest BCUT2D eigenvalue weighted by Gasteiger charge is 2.42. The van der Waals surface area contributed by atoms with Crippen LogP contribution in [-0.2, 0) is 16.0 Å². The number of nitrogens with zero attached hydrogens (tertiary/aromatic N) is 4. The summed E-state index contributed by atoms with van der Waals surface area (Å²) in [5.74, 6) is -4.05. The maximum Gasteiger partial charge on any atom is 0.331 e. The second-order valence-corrected chi connectivity index (χ2v) is 13.6. The van der Waals surface area contributed by atoms with Crippen molar-refractivity contribution in [2.24, 2.45) is 22.2 Å². The molecule has 0 aliphatic heterocycles. The van der Waals surface area contributed by atoms with E-state index in [9.17, 15) is 19.1 Å². The molecule has 0 radical (unpaired) electrons.